The van der Waals surface area contributed by atoms with E-state index in [1.807, 2.05) is 78.9 Å². The fourth-order valence-corrected chi connectivity index (χ4v) is 10.4. The average Bonchev–Trinajstić information content (AvgIpc) is 3.82. The topological polar surface area (TPSA) is 136 Å². The predicted octanol–water partition coefficient (Wildman–Crippen LogP) is 8.25. The van der Waals surface area contributed by atoms with Crippen LogP contribution >= 0.6 is 0 Å². The molecule has 10 nitrogen and oxygen atoms in total. The van der Waals surface area contributed by atoms with Crippen LogP contribution in [0.25, 0.3) is 28.1 Å². The molecule has 2 heterocycles. The number of ether oxygens (including phenoxy) is 2. The summed E-state index contributed by atoms with van der Waals surface area (Å²) >= 11 is 0. The number of phenolic OH excluding ortho intramolecular Hbond substituents is 1. The first-order valence-corrected chi connectivity index (χ1v) is 19.6. The van der Waals surface area contributed by atoms with Gasteiger partial charge in [0.25, 0.3) is 0 Å². The second kappa shape index (κ2) is 13.8. The zero-order valence-electron chi connectivity index (χ0n) is 32.2. The molecule has 1 aromatic heterocycles. The number of nitrogens with zero attached hydrogens (tertiary/aromatic N) is 2. The van der Waals surface area contributed by atoms with Crippen LogP contribution in [-0.4, -0.2) is 47.7 Å². The SMILES string of the molecule is COc1cc(O)c([C@H]2C3=CC[C@@H]4C(=O)N(c5ccc(-c6nc7ccccc7o6)cc5)C(=O)[C@@H]4[C@@H]3C[C@H]3C(=O)C(c4ccccc4)=CC(=O)[C@@]23c2ccccc2)c(OC)c1. The lowest BCUT2D eigenvalue weighted by molar-refractivity contribution is -0.135. The minimum atomic E-state index is -1.54. The highest BCUT2D eigenvalue weighted by atomic mass is 16.5. The van der Waals surface area contributed by atoms with Crippen molar-refractivity contribution in [1.29, 1.82) is 0 Å². The minimum absolute atomic E-state index is 0.121. The summed E-state index contributed by atoms with van der Waals surface area (Å²) in [5.74, 6) is -4.56. The van der Waals surface area contributed by atoms with Crippen LogP contribution in [0.1, 0.15) is 35.4 Å². The highest BCUT2D eigenvalue weighted by molar-refractivity contribution is 6.32. The monoisotopic (exact) mass is 782 g/mol. The molecule has 10 heteroatoms. The van der Waals surface area contributed by atoms with Crippen LogP contribution in [0, 0.1) is 23.7 Å². The second-order valence-electron chi connectivity index (χ2n) is 15.6. The molecule has 0 spiro atoms. The number of aromatic nitrogens is 1. The Morgan fingerprint density at radius 3 is 2.20 bits per heavy atom. The summed E-state index contributed by atoms with van der Waals surface area (Å²) in [6, 6.07) is 35.9. The van der Waals surface area contributed by atoms with Crippen LogP contribution in [0.5, 0.6) is 17.2 Å². The molecule has 0 unspecified atom stereocenters. The number of rotatable bonds is 7. The molecule has 0 bridgehead atoms. The number of para-hydroxylation sites is 2. The summed E-state index contributed by atoms with van der Waals surface area (Å²) < 4.78 is 17.4. The van der Waals surface area contributed by atoms with E-state index in [4.69, 9.17) is 13.9 Å². The van der Waals surface area contributed by atoms with E-state index in [1.54, 1.807) is 42.5 Å². The van der Waals surface area contributed by atoms with Crippen molar-refractivity contribution in [3.8, 4) is 28.7 Å². The molecule has 1 saturated heterocycles. The van der Waals surface area contributed by atoms with E-state index in [0.717, 1.165) is 5.52 Å². The van der Waals surface area contributed by atoms with Crippen LogP contribution in [0.4, 0.5) is 5.69 Å². The molecule has 1 aliphatic heterocycles. The molecule has 1 N–H and O–H groups in total. The lowest BCUT2D eigenvalue weighted by Crippen LogP contribution is -2.58. The Bertz CT molecular complexity index is 2740. The molecule has 6 atom stereocenters. The second-order valence-corrected chi connectivity index (χ2v) is 15.6. The van der Waals surface area contributed by atoms with Crippen molar-refractivity contribution in [1.82, 2.24) is 4.98 Å². The van der Waals surface area contributed by atoms with Crippen molar-refractivity contribution >= 4 is 45.7 Å². The van der Waals surface area contributed by atoms with Crippen LogP contribution in [-0.2, 0) is 24.6 Å². The van der Waals surface area contributed by atoms with Gasteiger partial charge in [0.15, 0.2) is 17.1 Å². The molecule has 2 amide bonds. The molecule has 59 heavy (non-hydrogen) atoms. The number of hydrogen-bond acceptors (Lipinski definition) is 9. The van der Waals surface area contributed by atoms with Gasteiger partial charge in [-0.3, -0.25) is 24.1 Å². The maximum Gasteiger partial charge on any atom is 0.238 e. The molecule has 10 rings (SSSR count). The number of carbonyl (C=O) groups is 4. The summed E-state index contributed by atoms with van der Waals surface area (Å²) in [4.78, 5) is 65.9. The van der Waals surface area contributed by atoms with E-state index in [9.17, 15) is 14.7 Å². The molecule has 292 valence electrons. The van der Waals surface area contributed by atoms with E-state index < -0.39 is 35.0 Å². The number of Topliss-reactive ketones (excluding diaryl/α,β-unsaturated/α-hetero) is 1. The van der Waals surface area contributed by atoms with Gasteiger partial charge in [-0.2, -0.15) is 0 Å². The van der Waals surface area contributed by atoms with Crippen LogP contribution in [0.15, 0.2) is 143 Å². The van der Waals surface area contributed by atoms with Crippen LogP contribution < -0.4 is 14.4 Å². The zero-order valence-corrected chi connectivity index (χ0v) is 32.2. The third kappa shape index (κ3) is 5.35. The first-order valence-electron chi connectivity index (χ1n) is 19.6. The number of oxazole rings is 1. The first kappa shape index (κ1) is 36.3. The smallest absolute Gasteiger partial charge is 0.238 e. The number of aromatic hydroxyl groups is 1. The Morgan fingerprint density at radius 1 is 0.780 bits per heavy atom. The molecule has 3 aliphatic carbocycles. The van der Waals surface area contributed by atoms with Gasteiger partial charge in [0.05, 0.1) is 37.2 Å². The summed E-state index contributed by atoms with van der Waals surface area (Å²) in [7, 11) is 2.96. The maximum atomic E-state index is 15.4. The van der Waals surface area contributed by atoms with Crippen molar-refractivity contribution in [2.75, 3.05) is 19.1 Å². The molecule has 5 aromatic carbocycles. The van der Waals surface area contributed by atoms with Crippen LogP contribution in [0.2, 0.25) is 0 Å². The fourth-order valence-electron chi connectivity index (χ4n) is 10.4. The van der Waals surface area contributed by atoms with Crippen molar-refractivity contribution in [2.45, 2.75) is 24.2 Å². The molecular weight excluding hydrogens is 745 g/mol. The predicted molar refractivity (Wildman–Crippen MR) is 220 cm³/mol. The number of ketones is 2. The first-order chi connectivity index (χ1) is 28.7. The standard InChI is InChI=1S/C49H38N2O8/c1-57-31-23-38(52)43(40(24-31)58-2)44-32-21-22-33-42(48(56)51(47(33)55)30-19-17-28(18-20-30)46-50-37-15-9-10-16-39(37)59-46)35(32)25-36-45(54)34(27-11-5-3-6-12-27)26-41(53)49(36,44)29-13-7-4-8-14-29/h3-21,23-24,26,33,35-36,42,44,52H,22,25H2,1-2H3/t33-,35+,36-,42-,44+,49-/m0/s1. The lowest BCUT2D eigenvalue weighted by atomic mass is 9.44. The van der Waals surface area contributed by atoms with Gasteiger partial charge in [-0.25, -0.2) is 4.98 Å². The number of anilines is 1. The summed E-state index contributed by atoms with van der Waals surface area (Å²) in [5.41, 5.74) is 3.43. The number of allylic oxidation sites excluding steroid dienone is 4. The number of fused-ring (bicyclic) bond motifs is 5. The molecule has 0 radical (unpaired) electrons. The lowest BCUT2D eigenvalue weighted by Gasteiger charge is -2.55. The van der Waals surface area contributed by atoms with E-state index in [1.165, 1.54) is 31.3 Å². The molecule has 6 aromatic rings. The number of amides is 2. The normalized spacial score (nSPS) is 24.9. The van der Waals surface area contributed by atoms with Crippen molar-refractivity contribution in [3.05, 3.63) is 156 Å². The highest BCUT2D eigenvalue weighted by Gasteiger charge is 2.66. The average molecular weight is 783 g/mol. The van der Waals surface area contributed by atoms with Crippen LogP contribution in [0.3, 0.4) is 0 Å². The fraction of sp³-hybridized carbons (Fsp3) is 0.204. The van der Waals surface area contributed by atoms with Crippen molar-refractivity contribution in [3.63, 3.8) is 0 Å². The number of benzene rings is 5. The third-order valence-electron chi connectivity index (χ3n) is 12.9. The molecule has 2 fully saturated rings. The Hall–Kier alpha value is -7.07. The Balaban J connectivity index is 1.13. The summed E-state index contributed by atoms with van der Waals surface area (Å²) in [6.45, 7) is 0. The minimum Gasteiger partial charge on any atom is -0.507 e. The number of methoxy groups -OCH3 is 2. The Kier molecular flexibility index (Phi) is 8.48. The molecular formula is C49H38N2O8. The van der Waals surface area contributed by atoms with E-state index in [0.29, 0.717) is 50.7 Å². The van der Waals surface area contributed by atoms with Gasteiger partial charge in [0, 0.05) is 40.7 Å². The molecule has 1 saturated carbocycles. The molecule has 4 aliphatic rings. The number of phenols is 1. The van der Waals surface area contributed by atoms with Gasteiger partial charge in [-0.15, -0.1) is 0 Å². The van der Waals surface area contributed by atoms with Gasteiger partial charge in [-0.05, 0) is 72.4 Å². The van der Waals surface area contributed by atoms with Gasteiger partial charge >= 0.3 is 0 Å². The van der Waals surface area contributed by atoms with Crippen molar-refractivity contribution in [2.24, 2.45) is 23.7 Å². The number of imide groups is 1. The van der Waals surface area contributed by atoms with Gasteiger partial charge in [0.1, 0.15) is 22.8 Å². The van der Waals surface area contributed by atoms with Gasteiger partial charge < -0.3 is 19.0 Å². The zero-order chi connectivity index (χ0) is 40.6. The highest BCUT2D eigenvalue weighted by Crippen LogP contribution is 2.65. The summed E-state index contributed by atoms with van der Waals surface area (Å²) in [6.07, 6.45) is 3.75. The Labute approximate surface area is 339 Å². The van der Waals surface area contributed by atoms with E-state index >= 15 is 9.59 Å². The number of hydrogen-bond donors (Lipinski definition) is 1. The third-order valence-corrected chi connectivity index (χ3v) is 12.9. The number of carbonyl (C=O) groups excluding carboxylic acids is 4. The van der Waals surface area contributed by atoms with Gasteiger partial charge in [0.2, 0.25) is 17.7 Å². The van der Waals surface area contributed by atoms with Crippen molar-refractivity contribution < 1.29 is 38.2 Å². The maximum absolute atomic E-state index is 15.4. The Morgan fingerprint density at radius 2 is 1.49 bits per heavy atom. The van der Waals surface area contributed by atoms with E-state index in [2.05, 4.69) is 4.98 Å². The summed E-state index contributed by atoms with van der Waals surface area (Å²) in [5, 5.41) is 12.0. The van der Waals surface area contributed by atoms with Gasteiger partial charge in [-0.1, -0.05) is 84.4 Å². The quantitative estimate of drug-likeness (QED) is 0.125. The van der Waals surface area contributed by atoms with E-state index in [-0.39, 0.29) is 53.3 Å². The largest absolute Gasteiger partial charge is 0.507 e.